The van der Waals surface area contributed by atoms with E-state index in [4.69, 9.17) is 21.7 Å². The Labute approximate surface area is 170 Å². The van der Waals surface area contributed by atoms with Gasteiger partial charge in [0.25, 0.3) is 0 Å². The second-order valence-electron chi connectivity index (χ2n) is 7.13. The molecule has 1 aromatic heterocycles. The van der Waals surface area contributed by atoms with Gasteiger partial charge in [0.2, 0.25) is 17.7 Å². The molecular weight excluding hydrogens is 390 g/mol. The number of aromatic amines is 1. The van der Waals surface area contributed by atoms with Crippen molar-refractivity contribution in [3.05, 3.63) is 64.2 Å². The van der Waals surface area contributed by atoms with E-state index < -0.39 is 17.2 Å². The molecule has 0 aliphatic carbocycles. The zero-order chi connectivity index (χ0) is 20.3. The third-order valence-electron chi connectivity index (χ3n) is 5.51. The molecule has 3 aromatic rings. The van der Waals surface area contributed by atoms with E-state index in [1.165, 1.54) is 0 Å². The quantitative estimate of drug-likeness (QED) is 0.573. The number of fused-ring (bicyclic) bond motifs is 4. The average Bonchev–Trinajstić information content (AvgIpc) is 3.23. The first kappa shape index (κ1) is 17.5. The van der Waals surface area contributed by atoms with E-state index in [9.17, 15) is 10.1 Å². The van der Waals surface area contributed by atoms with Gasteiger partial charge in [0.15, 0.2) is 0 Å². The SMILES string of the molecule is Cc1ccc(-c2[nH]nc3c2C2(C(=O)Nc4ccc(Cl)cc42)C(C#N)C(=N)O3)cc1. The maximum absolute atomic E-state index is 13.4. The zero-order valence-corrected chi connectivity index (χ0v) is 16.0. The molecule has 0 fully saturated rings. The van der Waals surface area contributed by atoms with E-state index in [1.54, 1.807) is 18.2 Å². The Morgan fingerprint density at radius 3 is 2.76 bits per heavy atom. The Balaban J connectivity index is 1.88. The number of amides is 1. The van der Waals surface area contributed by atoms with Gasteiger partial charge in [-0.25, -0.2) is 0 Å². The number of hydrogen-bond donors (Lipinski definition) is 3. The van der Waals surface area contributed by atoms with Gasteiger partial charge in [-0.15, -0.1) is 5.10 Å². The molecule has 0 saturated heterocycles. The summed E-state index contributed by atoms with van der Waals surface area (Å²) < 4.78 is 5.55. The summed E-state index contributed by atoms with van der Waals surface area (Å²) in [6, 6.07) is 14.8. The molecule has 2 aromatic carbocycles. The highest BCUT2D eigenvalue weighted by Gasteiger charge is 2.62. The van der Waals surface area contributed by atoms with Gasteiger partial charge >= 0.3 is 0 Å². The molecule has 2 unspecified atom stereocenters. The van der Waals surface area contributed by atoms with Crippen molar-refractivity contribution in [1.29, 1.82) is 10.7 Å². The minimum absolute atomic E-state index is 0.111. The Morgan fingerprint density at radius 2 is 2.03 bits per heavy atom. The van der Waals surface area contributed by atoms with Crippen molar-refractivity contribution in [2.45, 2.75) is 12.3 Å². The minimum Gasteiger partial charge on any atom is -0.422 e. The van der Waals surface area contributed by atoms with E-state index in [2.05, 4.69) is 21.6 Å². The molecule has 3 N–H and O–H groups in total. The first-order valence-electron chi connectivity index (χ1n) is 8.90. The van der Waals surface area contributed by atoms with E-state index in [1.807, 2.05) is 31.2 Å². The van der Waals surface area contributed by atoms with E-state index >= 15 is 0 Å². The van der Waals surface area contributed by atoms with Crippen molar-refractivity contribution in [3.63, 3.8) is 0 Å². The van der Waals surface area contributed by atoms with Crippen LogP contribution < -0.4 is 10.1 Å². The van der Waals surface area contributed by atoms with Crippen LogP contribution >= 0.6 is 11.6 Å². The highest BCUT2D eigenvalue weighted by atomic mass is 35.5. The van der Waals surface area contributed by atoms with Crippen LogP contribution in [0, 0.1) is 29.6 Å². The number of rotatable bonds is 1. The van der Waals surface area contributed by atoms with Crippen molar-refractivity contribution in [2.24, 2.45) is 5.92 Å². The first-order chi connectivity index (χ1) is 14.0. The van der Waals surface area contributed by atoms with Gasteiger partial charge in [0.1, 0.15) is 11.3 Å². The standard InChI is InChI=1S/C21H14ClN5O2/c1-10-2-4-11(5-3-10)17-16-19(27-26-17)29-18(24)14(9-23)21(16)13-8-12(22)6-7-15(13)25-20(21)28/h2-8,14,24H,1H3,(H,25,28)(H,26,27). The molecule has 29 heavy (non-hydrogen) atoms. The van der Waals surface area contributed by atoms with Gasteiger partial charge in [-0.05, 0) is 30.7 Å². The van der Waals surface area contributed by atoms with Crippen molar-refractivity contribution in [2.75, 3.05) is 5.32 Å². The van der Waals surface area contributed by atoms with E-state index in [0.717, 1.165) is 11.1 Å². The summed E-state index contributed by atoms with van der Waals surface area (Å²) in [5.41, 5.74) is 2.47. The molecule has 2 aliphatic rings. The van der Waals surface area contributed by atoms with Crippen molar-refractivity contribution in [3.8, 4) is 23.2 Å². The summed E-state index contributed by atoms with van der Waals surface area (Å²) in [5, 5.41) is 28.7. The maximum atomic E-state index is 13.4. The Kier molecular flexibility index (Phi) is 3.57. The lowest BCUT2D eigenvalue weighted by Gasteiger charge is -2.35. The first-order valence-corrected chi connectivity index (χ1v) is 9.28. The number of carbonyl (C=O) groups excluding carboxylic acids is 1. The second kappa shape index (κ2) is 5.93. The molecular formula is C21H14ClN5O2. The fourth-order valence-corrected chi connectivity index (χ4v) is 4.36. The van der Waals surface area contributed by atoms with Crippen molar-refractivity contribution in [1.82, 2.24) is 10.2 Å². The lowest BCUT2D eigenvalue weighted by molar-refractivity contribution is -0.120. The lowest BCUT2D eigenvalue weighted by atomic mass is 9.65. The van der Waals surface area contributed by atoms with Gasteiger partial charge in [-0.1, -0.05) is 41.4 Å². The van der Waals surface area contributed by atoms with Crippen LogP contribution in [0.4, 0.5) is 5.69 Å². The number of ether oxygens (including phenoxy) is 1. The number of nitrogens with zero attached hydrogens (tertiary/aromatic N) is 2. The number of nitrogens with one attached hydrogen (secondary N) is 3. The number of nitriles is 1. The molecule has 2 atom stereocenters. The molecule has 142 valence electrons. The van der Waals surface area contributed by atoms with Gasteiger partial charge in [-0.3, -0.25) is 15.3 Å². The number of H-pyrrole nitrogens is 1. The summed E-state index contributed by atoms with van der Waals surface area (Å²) in [6.07, 6.45) is 0. The Morgan fingerprint density at radius 1 is 1.28 bits per heavy atom. The van der Waals surface area contributed by atoms with Crippen LogP contribution in [0.25, 0.3) is 11.3 Å². The highest BCUT2D eigenvalue weighted by molar-refractivity contribution is 6.31. The van der Waals surface area contributed by atoms with Crippen molar-refractivity contribution >= 4 is 29.1 Å². The number of anilines is 1. The van der Waals surface area contributed by atoms with E-state index in [-0.39, 0.29) is 11.8 Å². The van der Waals surface area contributed by atoms with Crippen LogP contribution in [0.1, 0.15) is 16.7 Å². The summed E-state index contributed by atoms with van der Waals surface area (Å²) in [6.45, 7) is 1.98. The average molecular weight is 404 g/mol. The van der Waals surface area contributed by atoms with Crippen LogP contribution in [-0.2, 0) is 10.2 Å². The monoisotopic (exact) mass is 403 g/mol. The Hall–Kier alpha value is -3.63. The van der Waals surface area contributed by atoms with Gasteiger partial charge in [-0.2, -0.15) is 5.26 Å². The molecule has 0 bridgehead atoms. The van der Waals surface area contributed by atoms with Gasteiger partial charge < -0.3 is 10.1 Å². The predicted octanol–water partition coefficient (Wildman–Crippen LogP) is 3.79. The molecule has 1 spiro atoms. The van der Waals surface area contributed by atoms with E-state index in [0.29, 0.717) is 27.5 Å². The fourth-order valence-electron chi connectivity index (χ4n) is 4.18. The van der Waals surface area contributed by atoms with Crippen molar-refractivity contribution < 1.29 is 9.53 Å². The fraction of sp³-hybridized carbons (Fsp3) is 0.143. The van der Waals surface area contributed by atoms with Gasteiger partial charge in [0, 0.05) is 16.3 Å². The number of hydrogen-bond acceptors (Lipinski definition) is 5. The lowest BCUT2D eigenvalue weighted by Crippen LogP contribution is -2.50. The Bertz CT molecular complexity index is 1240. The largest absolute Gasteiger partial charge is 0.422 e. The molecule has 3 heterocycles. The summed E-state index contributed by atoms with van der Waals surface area (Å²) in [7, 11) is 0. The normalized spacial score (nSPS) is 21.9. The number of aryl methyl sites for hydroxylation is 1. The third kappa shape index (κ3) is 2.20. The smallest absolute Gasteiger partial charge is 0.244 e. The van der Waals surface area contributed by atoms with Crippen LogP contribution in [0.5, 0.6) is 5.88 Å². The zero-order valence-electron chi connectivity index (χ0n) is 15.2. The second-order valence-corrected chi connectivity index (χ2v) is 7.56. The molecule has 5 rings (SSSR count). The topological polar surface area (TPSA) is 115 Å². The van der Waals surface area contributed by atoms with Crippen LogP contribution in [0.3, 0.4) is 0 Å². The summed E-state index contributed by atoms with van der Waals surface area (Å²) >= 11 is 6.25. The number of aromatic nitrogens is 2. The molecule has 7 nitrogen and oxygen atoms in total. The van der Waals surface area contributed by atoms with Crippen LogP contribution in [-0.4, -0.2) is 22.0 Å². The number of benzene rings is 2. The van der Waals surface area contributed by atoms with Crippen LogP contribution in [0.2, 0.25) is 5.02 Å². The number of halogens is 1. The molecule has 0 radical (unpaired) electrons. The van der Waals surface area contributed by atoms with Gasteiger partial charge in [0.05, 0.1) is 17.3 Å². The van der Waals surface area contributed by atoms with Crippen LogP contribution in [0.15, 0.2) is 42.5 Å². The highest BCUT2D eigenvalue weighted by Crippen LogP contribution is 2.55. The molecule has 2 aliphatic heterocycles. The molecule has 1 amide bonds. The third-order valence-corrected chi connectivity index (χ3v) is 5.75. The minimum atomic E-state index is -1.49. The number of carbonyl (C=O) groups is 1. The summed E-state index contributed by atoms with van der Waals surface area (Å²) in [5.74, 6) is -1.80. The summed E-state index contributed by atoms with van der Waals surface area (Å²) in [4.78, 5) is 13.4. The maximum Gasteiger partial charge on any atom is 0.244 e. The molecule has 0 saturated carbocycles. The predicted molar refractivity (Wildman–Crippen MR) is 107 cm³/mol. The molecule has 8 heteroatoms.